The normalized spacial score (nSPS) is 11.4. The van der Waals surface area contributed by atoms with Gasteiger partial charge < -0.3 is 14.9 Å². The molecule has 0 saturated heterocycles. The molecular formula is C15H22O4. The van der Waals surface area contributed by atoms with Gasteiger partial charge in [-0.1, -0.05) is 12.1 Å². The minimum absolute atomic E-state index is 0.0593. The minimum Gasteiger partial charge on any atom is -0.493 e. The predicted octanol–water partition coefficient (Wildman–Crippen LogP) is 2.76. The summed E-state index contributed by atoms with van der Waals surface area (Å²) in [6.07, 6.45) is 1.22. The molecule has 1 aromatic rings. The van der Waals surface area contributed by atoms with E-state index in [0.29, 0.717) is 25.2 Å². The number of carboxylic acid groups (broad SMARTS) is 1. The molecule has 1 rings (SSSR count). The molecule has 0 unspecified atom stereocenters. The van der Waals surface area contributed by atoms with Crippen molar-refractivity contribution in [3.8, 4) is 5.75 Å². The van der Waals surface area contributed by atoms with E-state index >= 15 is 0 Å². The number of aryl methyl sites for hydroxylation is 1. The molecular weight excluding hydrogens is 244 g/mol. The van der Waals surface area contributed by atoms with Gasteiger partial charge in [-0.2, -0.15) is 0 Å². The van der Waals surface area contributed by atoms with Crippen LogP contribution in [0, 0.1) is 12.3 Å². The van der Waals surface area contributed by atoms with Crippen LogP contribution in [-0.4, -0.2) is 22.8 Å². The first-order valence-corrected chi connectivity index (χ1v) is 6.43. The van der Waals surface area contributed by atoms with Gasteiger partial charge in [0.2, 0.25) is 0 Å². The lowest BCUT2D eigenvalue weighted by Gasteiger charge is -2.19. The number of ether oxygens (including phenoxy) is 1. The fourth-order valence-electron chi connectivity index (χ4n) is 1.73. The van der Waals surface area contributed by atoms with Gasteiger partial charge in [-0.3, -0.25) is 4.79 Å². The lowest BCUT2D eigenvalue weighted by Crippen LogP contribution is -2.24. The van der Waals surface area contributed by atoms with Crippen molar-refractivity contribution in [3.63, 3.8) is 0 Å². The quantitative estimate of drug-likeness (QED) is 0.745. The molecule has 106 valence electrons. The first kappa shape index (κ1) is 15.5. The Bertz CT molecular complexity index is 438. The second-order valence-corrected chi connectivity index (χ2v) is 5.41. The van der Waals surface area contributed by atoms with Crippen LogP contribution in [0.25, 0.3) is 0 Å². The van der Waals surface area contributed by atoms with E-state index in [2.05, 4.69) is 0 Å². The molecule has 0 bridgehead atoms. The first-order valence-electron chi connectivity index (χ1n) is 6.43. The van der Waals surface area contributed by atoms with Gasteiger partial charge in [-0.05, 0) is 45.2 Å². The molecule has 0 saturated carbocycles. The summed E-state index contributed by atoms with van der Waals surface area (Å²) in [6, 6.07) is 5.64. The lowest BCUT2D eigenvalue weighted by molar-refractivity contribution is -0.147. The molecule has 0 aliphatic rings. The highest BCUT2D eigenvalue weighted by atomic mass is 16.5. The number of carbonyl (C=O) groups is 1. The van der Waals surface area contributed by atoms with Crippen molar-refractivity contribution in [2.75, 3.05) is 6.61 Å². The Kier molecular flexibility index (Phi) is 5.36. The average molecular weight is 266 g/mol. The van der Waals surface area contributed by atoms with Gasteiger partial charge in [0.15, 0.2) is 0 Å². The van der Waals surface area contributed by atoms with E-state index in [1.54, 1.807) is 13.8 Å². The third-order valence-electron chi connectivity index (χ3n) is 3.18. The lowest BCUT2D eigenvalue weighted by atomic mass is 9.88. The molecule has 0 aromatic heterocycles. The Morgan fingerprint density at radius 3 is 2.63 bits per heavy atom. The number of hydrogen-bond donors (Lipinski definition) is 2. The Labute approximate surface area is 114 Å². The van der Waals surface area contributed by atoms with Gasteiger partial charge in [0.25, 0.3) is 0 Å². The van der Waals surface area contributed by atoms with Crippen LogP contribution in [0.1, 0.15) is 37.8 Å². The highest BCUT2D eigenvalue weighted by Crippen LogP contribution is 2.24. The zero-order valence-corrected chi connectivity index (χ0v) is 11.8. The van der Waals surface area contributed by atoms with E-state index < -0.39 is 11.4 Å². The van der Waals surface area contributed by atoms with Crippen LogP contribution in [-0.2, 0) is 11.4 Å². The zero-order chi connectivity index (χ0) is 14.5. The molecule has 0 aliphatic heterocycles. The summed E-state index contributed by atoms with van der Waals surface area (Å²) in [4.78, 5) is 11.0. The summed E-state index contributed by atoms with van der Waals surface area (Å²) in [5.74, 6) is -0.116. The van der Waals surface area contributed by atoms with Crippen molar-refractivity contribution < 1.29 is 19.7 Å². The molecule has 2 N–H and O–H groups in total. The summed E-state index contributed by atoms with van der Waals surface area (Å²) < 4.78 is 5.63. The van der Waals surface area contributed by atoms with Gasteiger partial charge in [-0.25, -0.2) is 0 Å². The largest absolute Gasteiger partial charge is 0.493 e. The second kappa shape index (κ2) is 6.57. The zero-order valence-electron chi connectivity index (χ0n) is 11.8. The molecule has 0 aliphatic carbocycles. The average Bonchev–Trinajstić information content (AvgIpc) is 2.34. The van der Waals surface area contributed by atoms with Crippen LogP contribution >= 0.6 is 0 Å². The monoisotopic (exact) mass is 266 g/mol. The summed E-state index contributed by atoms with van der Waals surface area (Å²) in [5, 5.41) is 18.2. The molecule has 0 fully saturated rings. The number of hydrogen-bond acceptors (Lipinski definition) is 3. The fraction of sp³-hybridized carbons (Fsp3) is 0.533. The van der Waals surface area contributed by atoms with Crippen LogP contribution in [0.15, 0.2) is 18.2 Å². The smallest absolute Gasteiger partial charge is 0.309 e. The molecule has 1 aromatic carbocycles. The summed E-state index contributed by atoms with van der Waals surface area (Å²) >= 11 is 0. The Balaban J connectivity index is 2.50. The van der Waals surface area contributed by atoms with Crippen LogP contribution in [0.4, 0.5) is 0 Å². The molecule has 0 heterocycles. The van der Waals surface area contributed by atoms with Crippen molar-refractivity contribution in [1.82, 2.24) is 0 Å². The summed E-state index contributed by atoms with van der Waals surface area (Å²) in [5.41, 5.74) is 1.09. The fourth-order valence-corrected chi connectivity index (χ4v) is 1.73. The highest BCUT2D eigenvalue weighted by molar-refractivity contribution is 5.73. The van der Waals surface area contributed by atoms with E-state index in [1.807, 2.05) is 25.1 Å². The van der Waals surface area contributed by atoms with E-state index in [9.17, 15) is 9.90 Å². The topological polar surface area (TPSA) is 66.8 Å². The van der Waals surface area contributed by atoms with Gasteiger partial charge in [0.05, 0.1) is 18.6 Å². The Hall–Kier alpha value is -1.55. The number of aliphatic hydroxyl groups is 1. The van der Waals surface area contributed by atoms with Gasteiger partial charge in [0.1, 0.15) is 5.75 Å². The van der Waals surface area contributed by atoms with E-state index in [1.165, 1.54) is 0 Å². The number of aliphatic carboxylic acids is 1. The SMILES string of the molecule is Cc1ccc(CO)c(OCCCC(C)(C)C(=O)O)c1. The van der Waals surface area contributed by atoms with Crippen molar-refractivity contribution >= 4 is 5.97 Å². The maximum Gasteiger partial charge on any atom is 0.309 e. The Morgan fingerprint density at radius 1 is 1.37 bits per heavy atom. The van der Waals surface area contributed by atoms with E-state index in [0.717, 1.165) is 11.1 Å². The number of aliphatic hydroxyl groups excluding tert-OH is 1. The molecule has 0 amide bonds. The van der Waals surface area contributed by atoms with Crippen LogP contribution in [0.5, 0.6) is 5.75 Å². The number of benzene rings is 1. The first-order chi connectivity index (χ1) is 8.86. The van der Waals surface area contributed by atoms with Crippen molar-refractivity contribution in [1.29, 1.82) is 0 Å². The van der Waals surface area contributed by atoms with Crippen molar-refractivity contribution in [3.05, 3.63) is 29.3 Å². The molecule has 0 atom stereocenters. The van der Waals surface area contributed by atoms with Crippen molar-refractivity contribution in [2.45, 2.75) is 40.2 Å². The van der Waals surface area contributed by atoms with Crippen LogP contribution in [0.3, 0.4) is 0 Å². The molecule has 0 spiro atoms. The molecule has 19 heavy (non-hydrogen) atoms. The summed E-state index contributed by atoms with van der Waals surface area (Å²) in [6.45, 7) is 5.77. The standard InChI is InChI=1S/C15H22O4/c1-11-5-6-12(10-16)13(9-11)19-8-4-7-15(2,3)14(17)18/h5-6,9,16H,4,7-8,10H2,1-3H3,(H,17,18). The second-order valence-electron chi connectivity index (χ2n) is 5.41. The number of carboxylic acids is 1. The van der Waals surface area contributed by atoms with Gasteiger partial charge in [-0.15, -0.1) is 0 Å². The highest BCUT2D eigenvalue weighted by Gasteiger charge is 2.26. The van der Waals surface area contributed by atoms with Gasteiger partial charge >= 0.3 is 5.97 Å². The number of rotatable bonds is 7. The maximum atomic E-state index is 11.0. The van der Waals surface area contributed by atoms with Crippen molar-refractivity contribution in [2.24, 2.45) is 5.41 Å². The third kappa shape index (κ3) is 4.56. The molecule has 0 radical (unpaired) electrons. The summed E-state index contributed by atoms with van der Waals surface area (Å²) in [7, 11) is 0. The maximum absolute atomic E-state index is 11.0. The van der Waals surface area contributed by atoms with Crippen LogP contribution in [0.2, 0.25) is 0 Å². The van der Waals surface area contributed by atoms with Gasteiger partial charge in [0, 0.05) is 5.56 Å². The van der Waals surface area contributed by atoms with E-state index in [4.69, 9.17) is 9.84 Å². The predicted molar refractivity (Wildman–Crippen MR) is 73.2 cm³/mol. The minimum atomic E-state index is -0.792. The van der Waals surface area contributed by atoms with E-state index in [-0.39, 0.29) is 6.61 Å². The molecule has 4 nitrogen and oxygen atoms in total. The van der Waals surface area contributed by atoms with Crippen LogP contribution < -0.4 is 4.74 Å². The Morgan fingerprint density at radius 2 is 2.05 bits per heavy atom. The molecule has 4 heteroatoms. The third-order valence-corrected chi connectivity index (χ3v) is 3.18.